The van der Waals surface area contributed by atoms with Gasteiger partial charge in [-0.3, -0.25) is 4.68 Å². The lowest BCUT2D eigenvalue weighted by molar-refractivity contribution is -0.274. The molecule has 3 aromatic heterocycles. The average Bonchev–Trinajstić information content (AvgIpc) is 3.23. The summed E-state index contributed by atoms with van der Waals surface area (Å²) in [6.07, 6.45) is -4.66. The van der Waals surface area contributed by atoms with Gasteiger partial charge in [-0.2, -0.15) is 14.7 Å². The molecule has 3 heterocycles. The number of benzene rings is 1. The molecule has 0 bridgehead atoms. The third-order valence-electron chi connectivity index (χ3n) is 3.82. The molecule has 0 aliphatic heterocycles. The maximum atomic E-state index is 12.6. The molecule has 0 radical (unpaired) electrons. The molecule has 27 heavy (non-hydrogen) atoms. The van der Waals surface area contributed by atoms with Crippen LogP contribution in [0.15, 0.2) is 30.3 Å². The highest BCUT2D eigenvalue weighted by molar-refractivity contribution is 7.19. The zero-order chi connectivity index (χ0) is 19.2. The number of para-hydroxylation sites is 1. The molecule has 0 aliphatic rings. The number of fused-ring (bicyclic) bond motifs is 1. The van der Waals surface area contributed by atoms with E-state index in [9.17, 15) is 13.2 Å². The first-order valence-electron chi connectivity index (χ1n) is 7.86. The van der Waals surface area contributed by atoms with E-state index < -0.39 is 6.36 Å². The van der Waals surface area contributed by atoms with Gasteiger partial charge in [0, 0.05) is 19.0 Å². The van der Waals surface area contributed by atoms with Crippen molar-refractivity contribution >= 4 is 16.3 Å². The summed E-state index contributed by atoms with van der Waals surface area (Å²) in [6.45, 7) is 1.88. The normalized spacial score (nSPS) is 12.0. The maximum Gasteiger partial charge on any atom is 0.573 e. The van der Waals surface area contributed by atoms with E-state index in [4.69, 9.17) is 0 Å². The number of alkyl halides is 3. The third kappa shape index (κ3) is 3.50. The van der Waals surface area contributed by atoms with Crippen LogP contribution in [0.4, 0.5) is 13.2 Å². The lowest BCUT2D eigenvalue weighted by atomic mass is 10.1. The van der Waals surface area contributed by atoms with Gasteiger partial charge in [-0.1, -0.05) is 29.5 Å². The lowest BCUT2D eigenvalue weighted by Gasteiger charge is -2.12. The summed E-state index contributed by atoms with van der Waals surface area (Å²) >= 11 is 1.33. The van der Waals surface area contributed by atoms with Gasteiger partial charge in [0.1, 0.15) is 5.75 Å². The van der Waals surface area contributed by atoms with Crippen LogP contribution in [0.25, 0.3) is 15.7 Å². The second-order valence-corrected chi connectivity index (χ2v) is 6.80. The number of rotatable bonds is 4. The second kappa shape index (κ2) is 6.34. The molecule has 0 aliphatic carbocycles. The second-order valence-electron chi connectivity index (χ2n) is 5.84. The van der Waals surface area contributed by atoms with Gasteiger partial charge in [0.15, 0.2) is 10.8 Å². The molecule has 11 heteroatoms. The van der Waals surface area contributed by atoms with Gasteiger partial charge in [0.25, 0.3) is 0 Å². The molecule has 4 aromatic rings. The SMILES string of the molecule is Cc1cc(-c2nn3c(Cc4ccccc4OC(F)(F)F)nnc3s2)n(C)n1. The summed E-state index contributed by atoms with van der Waals surface area (Å²) in [5, 5.41) is 17.6. The van der Waals surface area contributed by atoms with Crippen molar-refractivity contribution in [1.29, 1.82) is 0 Å². The third-order valence-corrected chi connectivity index (χ3v) is 4.74. The van der Waals surface area contributed by atoms with E-state index in [0.29, 0.717) is 21.4 Å². The van der Waals surface area contributed by atoms with E-state index in [1.54, 1.807) is 16.8 Å². The molecule has 0 atom stereocenters. The van der Waals surface area contributed by atoms with Crippen LogP contribution in [0, 0.1) is 6.92 Å². The highest BCUT2D eigenvalue weighted by Crippen LogP contribution is 2.29. The van der Waals surface area contributed by atoms with E-state index in [0.717, 1.165) is 11.4 Å². The molecular formula is C16H13F3N6OS. The fourth-order valence-electron chi connectivity index (χ4n) is 2.73. The molecule has 0 amide bonds. The Labute approximate surface area is 155 Å². The van der Waals surface area contributed by atoms with Crippen molar-refractivity contribution in [3.05, 3.63) is 47.4 Å². The number of hydrogen-bond acceptors (Lipinski definition) is 6. The molecule has 0 unspecified atom stereocenters. The molecule has 7 nitrogen and oxygen atoms in total. The van der Waals surface area contributed by atoms with Crippen molar-refractivity contribution in [2.75, 3.05) is 0 Å². The maximum absolute atomic E-state index is 12.6. The van der Waals surface area contributed by atoms with Crippen molar-refractivity contribution in [3.63, 3.8) is 0 Å². The van der Waals surface area contributed by atoms with Gasteiger partial charge in [-0.05, 0) is 19.1 Å². The number of ether oxygens (including phenoxy) is 1. The Morgan fingerprint density at radius 1 is 1.15 bits per heavy atom. The topological polar surface area (TPSA) is 70.1 Å². The van der Waals surface area contributed by atoms with E-state index >= 15 is 0 Å². The van der Waals surface area contributed by atoms with Crippen LogP contribution in [0.3, 0.4) is 0 Å². The Balaban J connectivity index is 1.69. The van der Waals surface area contributed by atoms with Gasteiger partial charge in [-0.25, -0.2) is 0 Å². The van der Waals surface area contributed by atoms with Crippen LogP contribution in [0.5, 0.6) is 5.75 Å². The predicted octanol–water partition coefficient (Wildman–Crippen LogP) is 3.38. The molecule has 4 rings (SSSR count). The first kappa shape index (κ1) is 17.5. The summed E-state index contributed by atoms with van der Waals surface area (Å²) < 4.78 is 45.2. The highest BCUT2D eigenvalue weighted by atomic mass is 32.1. The molecule has 1 aromatic carbocycles. The molecule has 0 saturated carbocycles. The van der Waals surface area contributed by atoms with Crippen molar-refractivity contribution in [2.24, 2.45) is 7.05 Å². The zero-order valence-corrected chi connectivity index (χ0v) is 15.0. The minimum atomic E-state index is -4.76. The number of halogens is 3. The Morgan fingerprint density at radius 2 is 1.93 bits per heavy atom. The van der Waals surface area contributed by atoms with Crippen molar-refractivity contribution in [3.8, 4) is 16.5 Å². The van der Waals surface area contributed by atoms with Gasteiger partial charge in [0.05, 0.1) is 11.4 Å². The van der Waals surface area contributed by atoms with Gasteiger partial charge in [0.2, 0.25) is 4.96 Å². The smallest absolute Gasteiger partial charge is 0.405 e. The summed E-state index contributed by atoms with van der Waals surface area (Å²) in [5.41, 5.74) is 2.03. The first-order valence-corrected chi connectivity index (χ1v) is 8.67. The minimum absolute atomic E-state index is 0.0982. The molecular weight excluding hydrogens is 381 g/mol. The minimum Gasteiger partial charge on any atom is -0.405 e. The molecule has 140 valence electrons. The van der Waals surface area contributed by atoms with Gasteiger partial charge < -0.3 is 4.74 Å². The highest BCUT2D eigenvalue weighted by Gasteiger charge is 2.32. The summed E-state index contributed by atoms with van der Waals surface area (Å²) in [4.78, 5) is 0.549. The largest absolute Gasteiger partial charge is 0.573 e. The predicted molar refractivity (Wildman–Crippen MR) is 91.5 cm³/mol. The fraction of sp³-hybridized carbons (Fsp3) is 0.250. The van der Waals surface area contributed by atoms with E-state index in [1.807, 2.05) is 20.0 Å². The van der Waals surface area contributed by atoms with Crippen LogP contribution in [0.1, 0.15) is 17.1 Å². The van der Waals surface area contributed by atoms with Gasteiger partial charge >= 0.3 is 6.36 Å². The van der Waals surface area contributed by atoms with E-state index in [2.05, 4.69) is 25.1 Å². The Morgan fingerprint density at radius 3 is 2.63 bits per heavy atom. The number of nitrogens with zero attached hydrogens (tertiary/aromatic N) is 6. The average molecular weight is 394 g/mol. The van der Waals surface area contributed by atoms with Crippen LogP contribution in [-0.4, -0.2) is 36.0 Å². The van der Waals surface area contributed by atoms with Crippen LogP contribution in [0.2, 0.25) is 0 Å². The van der Waals surface area contributed by atoms with E-state index in [1.165, 1.54) is 28.0 Å². The lowest BCUT2D eigenvalue weighted by Crippen LogP contribution is -2.18. The van der Waals surface area contributed by atoms with Gasteiger partial charge in [-0.15, -0.1) is 23.4 Å². The zero-order valence-electron chi connectivity index (χ0n) is 14.2. The van der Waals surface area contributed by atoms with Crippen LogP contribution < -0.4 is 4.74 Å². The molecule has 0 fully saturated rings. The van der Waals surface area contributed by atoms with E-state index in [-0.39, 0.29) is 12.2 Å². The van der Waals surface area contributed by atoms with Crippen molar-refractivity contribution in [1.82, 2.24) is 29.6 Å². The van der Waals surface area contributed by atoms with Crippen LogP contribution >= 0.6 is 11.3 Å². The molecule has 0 spiro atoms. The quantitative estimate of drug-likeness (QED) is 0.531. The fourth-order valence-corrected chi connectivity index (χ4v) is 3.63. The standard InChI is InChI=1S/C16H13F3N6OS/c1-9-7-11(24(2)22-9)14-23-25-13(20-21-15(25)27-14)8-10-5-3-4-6-12(10)26-16(17,18)19/h3-7H,8H2,1-2H3. The summed E-state index contributed by atoms with van der Waals surface area (Å²) in [6, 6.07) is 7.85. The summed E-state index contributed by atoms with van der Waals surface area (Å²) in [5.74, 6) is 0.157. The number of hydrogen-bond donors (Lipinski definition) is 0. The number of aromatic nitrogens is 6. The molecule has 0 saturated heterocycles. The Kier molecular flexibility index (Phi) is 4.10. The Hall–Kier alpha value is -2.95. The van der Waals surface area contributed by atoms with Crippen molar-refractivity contribution in [2.45, 2.75) is 19.7 Å². The summed E-state index contributed by atoms with van der Waals surface area (Å²) in [7, 11) is 1.82. The first-order chi connectivity index (χ1) is 12.8. The Bertz CT molecular complexity index is 1110. The number of aryl methyl sites for hydroxylation is 2. The molecule has 0 N–H and O–H groups in total. The van der Waals surface area contributed by atoms with Crippen LogP contribution in [-0.2, 0) is 13.5 Å². The van der Waals surface area contributed by atoms with Crippen molar-refractivity contribution < 1.29 is 17.9 Å². The monoisotopic (exact) mass is 394 g/mol.